The molecule has 1 aromatic rings. The Hall–Kier alpha value is -1.39. The molecule has 114 valence electrons. The molecule has 2 unspecified atom stereocenters. The summed E-state index contributed by atoms with van der Waals surface area (Å²) in [6.45, 7) is -0.206. The number of piperidine rings is 1. The van der Waals surface area contributed by atoms with E-state index in [4.69, 9.17) is 4.74 Å². The Morgan fingerprint density at radius 2 is 1.90 bits per heavy atom. The highest BCUT2D eigenvalue weighted by molar-refractivity contribution is 5.78. The van der Waals surface area contributed by atoms with E-state index in [9.17, 15) is 9.90 Å². The number of benzene rings is 1. The van der Waals surface area contributed by atoms with Gasteiger partial charge in [0, 0.05) is 12.1 Å². The van der Waals surface area contributed by atoms with Crippen LogP contribution in [0.4, 0.5) is 0 Å². The third-order valence-electron chi connectivity index (χ3n) is 5.01. The van der Waals surface area contributed by atoms with Crippen molar-refractivity contribution in [2.24, 2.45) is 0 Å². The lowest BCUT2D eigenvalue weighted by Gasteiger charge is -2.36. The summed E-state index contributed by atoms with van der Waals surface area (Å²) in [4.78, 5) is 14.8. The van der Waals surface area contributed by atoms with E-state index in [-0.39, 0.29) is 18.7 Å². The molecule has 2 bridgehead atoms. The van der Waals surface area contributed by atoms with Gasteiger partial charge in [0.25, 0.3) is 0 Å². The molecule has 0 amide bonds. The van der Waals surface area contributed by atoms with E-state index in [2.05, 4.69) is 11.9 Å². The van der Waals surface area contributed by atoms with Crippen molar-refractivity contribution in [2.75, 3.05) is 13.7 Å². The van der Waals surface area contributed by atoms with Gasteiger partial charge < -0.3 is 14.7 Å². The van der Waals surface area contributed by atoms with E-state index in [0.717, 1.165) is 18.4 Å². The molecule has 4 heteroatoms. The third kappa shape index (κ3) is 2.97. The van der Waals surface area contributed by atoms with Crippen molar-refractivity contribution in [3.8, 4) is 0 Å². The summed E-state index contributed by atoms with van der Waals surface area (Å²) >= 11 is 0. The second kappa shape index (κ2) is 6.16. The molecule has 0 radical (unpaired) electrons. The summed E-state index contributed by atoms with van der Waals surface area (Å²) in [5.74, 6) is -0.860. The van der Waals surface area contributed by atoms with Crippen molar-refractivity contribution in [1.82, 2.24) is 4.90 Å². The number of hydrogen-bond acceptors (Lipinski definition) is 4. The summed E-state index contributed by atoms with van der Waals surface area (Å²) in [7, 11) is 2.17. The second-order valence-corrected chi connectivity index (χ2v) is 6.23. The number of ether oxygens (including phenoxy) is 1. The van der Waals surface area contributed by atoms with Crippen LogP contribution in [-0.4, -0.2) is 47.8 Å². The van der Waals surface area contributed by atoms with Gasteiger partial charge in [0.15, 0.2) is 0 Å². The number of rotatable bonds is 4. The van der Waals surface area contributed by atoms with Crippen molar-refractivity contribution >= 4 is 5.97 Å². The van der Waals surface area contributed by atoms with Gasteiger partial charge in [-0.2, -0.15) is 0 Å². The summed E-state index contributed by atoms with van der Waals surface area (Å²) < 4.78 is 5.70. The fourth-order valence-electron chi connectivity index (χ4n) is 3.71. The summed E-state index contributed by atoms with van der Waals surface area (Å²) in [6, 6.07) is 10.5. The third-order valence-corrected chi connectivity index (χ3v) is 5.01. The summed E-state index contributed by atoms with van der Waals surface area (Å²) in [5, 5.41) is 9.53. The highest BCUT2D eigenvalue weighted by atomic mass is 16.8. The van der Waals surface area contributed by atoms with Crippen LogP contribution in [0.25, 0.3) is 0 Å². The molecule has 4 nitrogen and oxygen atoms in total. The van der Waals surface area contributed by atoms with Crippen LogP contribution in [0.2, 0.25) is 0 Å². The Morgan fingerprint density at radius 1 is 1.29 bits per heavy atom. The molecule has 21 heavy (non-hydrogen) atoms. The van der Waals surface area contributed by atoms with E-state index >= 15 is 0 Å². The molecular weight excluding hydrogens is 268 g/mol. The number of aliphatic hydroxyl groups excluding tert-OH is 1. The molecule has 0 aromatic heterocycles. The van der Waals surface area contributed by atoms with Crippen LogP contribution >= 0.6 is 0 Å². The van der Waals surface area contributed by atoms with Crippen LogP contribution in [-0.2, 0) is 9.53 Å². The number of carbonyl (C=O) groups is 1. The Kier molecular flexibility index (Phi) is 4.27. The number of carbonyl (C=O) groups excluding carboxylic acids is 1. The number of nitrogens with zero attached hydrogens (tertiary/aromatic N) is 1. The largest absolute Gasteiger partial charge is 0.462 e. The average Bonchev–Trinajstić information content (AvgIpc) is 2.72. The van der Waals surface area contributed by atoms with Crippen molar-refractivity contribution in [1.29, 1.82) is 0 Å². The first-order valence-electron chi connectivity index (χ1n) is 7.77. The van der Waals surface area contributed by atoms with E-state index in [1.54, 1.807) is 0 Å². The number of aliphatic hydroxyl groups is 1. The van der Waals surface area contributed by atoms with Gasteiger partial charge in [-0.15, -0.1) is 0 Å². The standard InChI is InChI=1S/C17H23NO3/c1-18-13-7-8-14(18)10-15(9-13)21-17(20)16(11-19)12-5-3-2-4-6-12/h2-6,13-16,19H,7-11H2,1H3/t13-,14+,15?,16?/i17+2. The first kappa shape index (κ1) is 14.5. The fraction of sp³-hybridized carbons (Fsp3) is 0.588. The van der Waals surface area contributed by atoms with Crippen molar-refractivity contribution < 1.29 is 14.6 Å². The van der Waals surface area contributed by atoms with Gasteiger partial charge in [0.1, 0.15) is 12.0 Å². The maximum absolute atomic E-state index is 12.4. The van der Waals surface area contributed by atoms with Crippen LogP contribution in [0.15, 0.2) is 30.3 Å². The Labute approximate surface area is 125 Å². The van der Waals surface area contributed by atoms with Crippen molar-refractivity contribution in [3.63, 3.8) is 0 Å². The monoisotopic (exact) mass is 291 g/mol. The normalized spacial score (nSPS) is 30.1. The van der Waals surface area contributed by atoms with Crippen LogP contribution in [0.5, 0.6) is 0 Å². The van der Waals surface area contributed by atoms with Crippen LogP contribution in [0, 0.1) is 0 Å². The van der Waals surface area contributed by atoms with E-state index in [1.807, 2.05) is 30.3 Å². The Balaban J connectivity index is 1.63. The average molecular weight is 291 g/mol. The minimum absolute atomic E-state index is 0.00367. The topological polar surface area (TPSA) is 49.8 Å². The molecule has 4 atom stereocenters. The van der Waals surface area contributed by atoms with E-state index in [0.29, 0.717) is 12.1 Å². The molecule has 1 aromatic carbocycles. The molecule has 2 fully saturated rings. The molecule has 0 aliphatic carbocycles. The molecule has 0 spiro atoms. The maximum Gasteiger partial charge on any atom is 0.316 e. The molecule has 0 saturated carbocycles. The molecule has 2 saturated heterocycles. The lowest BCUT2D eigenvalue weighted by Crippen LogP contribution is -2.43. The smallest absolute Gasteiger partial charge is 0.316 e. The highest BCUT2D eigenvalue weighted by Gasteiger charge is 2.40. The zero-order valence-electron chi connectivity index (χ0n) is 12.4. The highest BCUT2D eigenvalue weighted by Crippen LogP contribution is 2.36. The lowest BCUT2D eigenvalue weighted by molar-refractivity contribution is -0.155. The molecule has 2 aliphatic heterocycles. The number of esters is 1. The minimum atomic E-state index is -0.566. The predicted octanol–water partition coefficient (Wildman–Crippen LogP) is 1.93. The second-order valence-electron chi connectivity index (χ2n) is 6.23. The zero-order chi connectivity index (χ0) is 14.8. The molecule has 2 aliphatic rings. The van der Waals surface area contributed by atoms with E-state index in [1.165, 1.54) is 12.8 Å². The van der Waals surface area contributed by atoms with Gasteiger partial charge in [-0.05, 0) is 38.3 Å². The van der Waals surface area contributed by atoms with Crippen molar-refractivity contribution in [3.05, 3.63) is 35.9 Å². The molecule has 3 rings (SSSR count). The van der Waals surface area contributed by atoms with Crippen molar-refractivity contribution in [2.45, 2.75) is 49.8 Å². The first-order chi connectivity index (χ1) is 10.2. The zero-order valence-corrected chi connectivity index (χ0v) is 12.4. The summed E-state index contributed by atoms with van der Waals surface area (Å²) in [6.07, 6.45) is 4.26. The fourth-order valence-corrected chi connectivity index (χ4v) is 3.71. The van der Waals surface area contributed by atoms with Gasteiger partial charge >= 0.3 is 5.97 Å². The first-order valence-corrected chi connectivity index (χ1v) is 7.77. The molecule has 1 N–H and O–H groups in total. The predicted molar refractivity (Wildman–Crippen MR) is 80.0 cm³/mol. The summed E-state index contributed by atoms with van der Waals surface area (Å²) in [5.41, 5.74) is 0.820. The van der Waals surface area contributed by atoms with Crippen LogP contribution < -0.4 is 0 Å². The van der Waals surface area contributed by atoms with Gasteiger partial charge in [-0.1, -0.05) is 30.3 Å². The maximum atomic E-state index is 12.4. The van der Waals surface area contributed by atoms with Crippen LogP contribution in [0.1, 0.15) is 37.2 Å². The molecular formula is C17H23NO3. The van der Waals surface area contributed by atoms with E-state index < -0.39 is 5.92 Å². The number of hydrogen-bond donors (Lipinski definition) is 1. The van der Waals surface area contributed by atoms with Gasteiger partial charge in [-0.25, -0.2) is 0 Å². The quantitative estimate of drug-likeness (QED) is 0.861. The Bertz CT molecular complexity index is 476. The van der Waals surface area contributed by atoms with Gasteiger partial charge in [0.05, 0.1) is 6.61 Å². The molecule has 2 heterocycles. The number of fused-ring (bicyclic) bond motifs is 2. The van der Waals surface area contributed by atoms with Gasteiger partial charge in [0.2, 0.25) is 0 Å². The van der Waals surface area contributed by atoms with Crippen LogP contribution in [0.3, 0.4) is 0 Å². The minimum Gasteiger partial charge on any atom is -0.462 e. The Morgan fingerprint density at radius 3 is 2.48 bits per heavy atom. The SMILES string of the molecule is CN1[C@@H]2CC[C@H]1CC(O[14C](=O)C(CO)c1ccccc1)C2. The lowest BCUT2D eigenvalue weighted by atomic mass is 10.0. The van der Waals surface area contributed by atoms with Gasteiger partial charge in [-0.3, -0.25) is 4.79 Å².